The molecular formula is C75H120O6. The molecule has 6 nitrogen and oxygen atoms in total. The lowest BCUT2D eigenvalue weighted by atomic mass is 10.0. The number of allylic oxidation sites excluding steroid dienone is 26. The lowest BCUT2D eigenvalue weighted by Crippen LogP contribution is -2.30. The second-order valence-electron chi connectivity index (χ2n) is 21.2. The highest BCUT2D eigenvalue weighted by molar-refractivity contribution is 5.71. The van der Waals surface area contributed by atoms with Gasteiger partial charge in [-0.15, -0.1) is 0 Å². The van der Waals surface area contributed by atoms with E-state index in [1.807, 2.05) is 6.08 Å². The number of carbonyl (C=O) groups excluding carboxylic acids is 3. The van der Waals surface area contributed by atoms with Gasteiger partial charge in [0.2, 0.25) is 0 Å². The molecule has 0 aromatic carbocycles. The van der Waals surface area contributed by atoms with E-state index >= 15 is 0 Å². The predicted octanol–water partition coefficient (Wildman–Crippen LogP) is 22.9. The number of hydrogen-bond donors (Lipinski definition) is 0. The average molecular weight is 1120 g/mol. The smallest absolute Gasteiger partial charge is 0.306 e. The average Bonchev–Trinajstić information content (AvgIpc) is 3.46. The van der Waals surface area contributed by atoms with Gasteiger partial charge in [0.15, 0.2) is 6.10 Å². The van der Waals surface area contributed by atoms with Gasteiger partial charge in [-0.25, -0.2) is 0 Å². The van der Waals surface area contributed by atoms with Crippen molar-refractivity contribution in [1.29, 1.82) is 0 Å². The van der Waals surface area contributed by atoms with Crippen LogP contribution in [-0.2, 0) is 28.6 Å². The van der Waals surface area contributed by atoms with Crippen molar-refractivity contribution in [3.63, 3.8) is 0 Å². The molecule has 6 heteroatoms. The van der Waals surface area contributed by atoms with Crippen molar-refractivity contribution in [2.24, 2.45) is 0 Å². The fourth-order valence-electron chi connectivity index (χ4n) is 8.71. The zero-order valence-electron chi connectivity index (χ0n) is 52.2. The third-order valence-electron chi connectivity index (χ3n) is 13.5. The molecule has 0 aliphatic carbocycles. The lowest BCUT2D eigenvalue weighted by Gasteiger charge is -2.18. The Kier molecular flexibility index (Phi) is 63.4. The van der Waals surface area contributed by atoms with Crippen molar-refractivity contribution in [3.8, 4) is 0 Å². The second-order valence-corrected chi connectivity index (χ2v) is 21.2. The highest BCUT2D eigenvalue weighted by atomic mass is 16.6. The molecule has 0 saturated carbocycles. The van der Waals surface area contributed by atoms with E-state index in [0.29, 0.717) is 19.3 Å². The van der Waals surface area contributed by atoms with Gasteiger partial charge in [0.05, 0.1) is 0 Å². The minimum atomic E-state index is -0.821. The van der Waals surface area contributed by atoms with Crippen molar-refractivity contribution in [2.45, 2.75) is 284 Å². The number of carbonyl (C=O) groups is 3. The summed E-state index contributed by atoms with van der Waals surface area (Å²) in [4.78, 5) is 38.3. The van der Waals surface area contributed by atoms with Crippen LogP contribution in [0.25, 0.3) is 0 Å². The highest BCUT2D eigenvalue weighted by Crippen LogP contribution is 2.16. The van der Waals surface area contributed by atoms with Crippen LogP contribution in [-0.4, -0.2) is 37.2 Å². The predicted molar refractivity (Wildman–Crippen MR) is 352 cm³/mol. The fourth-order valence-corrected chi connectivity index (χ4v) is 8.71. The van der Waals surface area contributed by atoms with Crippen LogP contribution in [0.1, 0.15) is 278 Å². The molecule has 0 aromatic heterocycles. The molecule has 0 aromatic rings. The third-order valence-corrected chi connectivity index (χ3v) is 13.5. The SMILES string of the molecule is CC/C=C\C/C=C\C/C=C\C/C=C\C/C=C\CCCCCCCCCC(=O)OC(COC(=O)CC/C=C\C/C=C\C/C=C\C/C=C\CC)COC(=O)CCCCCCCCCCCCCCCC/C=C\C/C=C\C/C=C\C/C=C\CC. The summed E-state index contributed by atoms with van der Waals surface area (Å²) in [6.07, 6.45) is 98.4. The van der Waals surface area contributed by atoms with Crippen LogP contribution in [0, 0.1) is 0 Å². The number of hydrogen-bond acceptors (Lipinski definition) is 6. The first-order valence-electron chi connectivity index (χ1n) is 33.0. The molecule has 0 heterocycles. The van der Waals surface area contributed by atoms with Crippen LogP contribution >= 0.6 is 0 Å². The number of unbranched alkanes of at least 4 members (excludes halogenated alkanes) is 21. The zero-order chi connectivity index (χ0) is 58.5. The third kappa shape index (κ3) is 65.7. The van der Waals surface area contributed by atoms with E-state index in [2.05, 4.69) is 173 Å². The monoisotopic (exact) mass is 1120 g/mol. The molecule has 0 fully saturated rings. The zero-order valence-corrected chi connectivity index (χ0v) is 52.2. The van der Waals surface area contributed by atoms with Gasteiger partial charge in [0.25, 0.3) is 0 Å². The molecular weight excluding hydrogens is 997 g/mol. The van der Waals surface area contributed by atoms with Gasteiger partial charge in [-0.05, 0) is 128 Å². The van der Waals surface area contributed by atoms with Gasteiger partial charge in [-0.2, -0.15) is 0 Å². The summed E-state index contributed by atoms with van der Waals surface area (Å²) in [5.74, 6) is -1.01. The van der Waals surface area contributed by atoms with Crippen LogP contribution in [0.15, 0.2) is 158 Å². The Labute approximate surface area is 499 Å². The molecule has 0 rings (SSSR count). The van der Waals surface area contributed by atoms with Gasteiger partial charge in [-0.1, -0.05) is 288 Å². The standard InChI is InChI=1S/C75H120O6/c1-4-7-10-13-16-19-22-25-27-29-31-33-35-36-37-38-40-41-43-45-47-50-53-56-59-62-65-68-74(77)80-71-72(70-79-73(76)67-64-61-58-55-52-49-24-21-18-15-12-9-6-3)81-75(78)69-66-63-60-57-54-51-48-46-44-42-39-34-32-30-28-26-23-20-17-14-11-8-5-2/h7-12,16-21,25-28,31-34,42,44,49,52,58,61,72H,4-6,13-15,22-24,29-30,35-41,43,45-48,50-51,53-57,59-60,62-71H2,1-3H3/b10-7-,11-8-,12-9-,19-16-,20-17-,21-18-,27-25-,28-26-,33-31-,34-32-,44-42-,52-49-,61-58-. The molecule has 0 aliphatic rings. The Hall–Kier alpha value is -4.97. The normalized spacial score (nSPS) is 13.2. The quantitative estimate of drug-likeness (QED) is 0.0261. The topological polar surface area (TPSA) is 78.9 Å². The molecule has 0 N–H and O–H groups in total. The van der Waals surface area contributed by atoms with Crippen molar-refractivity contribution < 1.29 is 28.6 Å². The Morgan fingerprint density at radius 3 is 0.765 bits per heavy atom. The molecule has 0 spiro atoms. The van der Waals surface area contributed by atoms with Gasteiger partial charge in [-0.3, -0.25) is 14.4 Å². The van der Waals surface area contributed by atoms with Crippen LogP contribution in [0.2, 0.25) is 0 Å². The van der Waals surface area contributed by atoms with Crippen LogP contribution in [0.4, 0.5) is 0 Å². The van der Waals surface area contributed by atoms with Gasteiger partial charge < -0.3 is 14.2 Å². The number of esters is 3. The van der Waals surface area contributed by atoms with Crippen LogP contribution in [0.3, 0.4) is 0 Å². The van der Waals surface area contributed by atoms with Crippen LogP contribution < -0.4 is 0 Å². The minimum Gasteiger partial charge on any atom is -0.462 e. The maximum absolute atomic E-state index is 12.9. The maximum Gasteiger partial charge on any atom is 0.306 e. The van der Waals surface area contributed by atoms with Crippen molar-refractivity contribution >= 4 is 17.9 Å². The largest absolute Gasteiger partial charge is 0.462 e. The Morgan fingerprint density at radius 2 is 0.469 bits per heavy atom. The fraction of sp³-hybridized carbons (Fsp3) is 0.613. The van der Waals surface area contributed by atoms with Gasteiger partial charge in [0.1, 0.15) is 13.2 Å². The summed E-state index contributed by atoms with van der Waals surface area (Å²) >= 11 is 0. The van der Waals surface area contributed by atoms with E-state index in [9.17, 15) is 14.4 Å². The first-order valence-corrected chi connectivity index (χ1v) is 33.0. The summed E-state index contributed by atoms with van der Waals surface area (Å²) in [6, 6.07) is 0. The van der Waals surface area contributed by atoms with E-state index in [1.165, 1.54) is 96.3 Å². The Balaban J connectivity index is 4.37. The number of ether oxygens (including phenoxy) is 3. The van der Waals surface area contributed by atoms with Crippen molar-refractivity contribution in [3.05, 3.63) is 158 Å². The molecule has 456 valence electrons. The van der Waals surface area contributed by atoms with Crippen molar-refractivity contribution in [2.75, 3.05) is 13.2 Å². The second kappa shape index (κ2) is 67.5. The van der Waals surface area contributed by atoms with Crippen LogP contribution in [0.5, 0.6) is 0 Å². The molecule has 1 atom stereocenters. The Morgan fingerprint density at radius 1 is 0.247 bits per heavy atom. The first kappa shape index (κ1) is 76.0. The van der Waals surface area contributed by atoms with E-state index in [1.54, 1.807) is 0 Å². The van der Waals surface area contributed by atoms with E-state index in [-0.39, 0.29) is 37.5 Å². The van der Waals surface area contributed by atoms with E-state index in [0.717, 1.165) is 135 Å². The van der Waals surface area contributed by atoms with E-state index in [4.69, 9.17) is 14.2 Å². The van der Waals surface area contributed by atoms with Gasteiger partial charge in [0, 0.05) is 19.3 Å². The highest BCUT2D eigenvalue weighted by Gasteiger charge is 2.19. The summed E-state index contributed by atoms with van der Waals surface area (Å²) in [6.45, 7) is 6.23. The summed E-state index contributed by atoms with van der Waals surface area (Å²) in [5, 5.41) is 0. The lowest BCUT2D eigenvalue weighted by molar-refractivity contribution is -0.166. The molecule has 0 saturated heterocycles. The molecule has 0 bridgehead atoms. The van der Waals surface area contributed by atoms with Gasteiger partial charge >= 0.3 is 17.9 Å². The molecule has 81 heavy (non-hydrogen) atoms. The molecule has 0 radical (unpaired) electrons. The molecule has 0 aliphatic heterocycles. The maximum atomic E-state index is 12.9. The number of rotatable bonds is 58. The first-order chi connectivity index (χ1) is 40.0. The molecule has 0 amide bonds. The summed E-state index contributed by atoms with van der Waals surface area (Å²) in [7, 11) is 0. The molecule has 1 unspecified atom stereocenters. The van der Waals surface area contributed by atoms with Crippen molar-refractivity contribution in [1.82, 2.24) is 0 Å². The summed E-state index contributed by atoms with van der Waals surface area (Å²) in [5.41, 5.74) is 0. The Bertz CT molecular complexity index is 1810. The minimum absolute atomic E-state index is 0.110. The summed E-state index contributed by atoms with van der Waals surface area (Å²) < 4.78 is 16.9. The van der Waals surface area contributed by atoms with E-state index < -0.39 is 6.10 Å².